The van der Waals surface area contributed by atoms with Crippen LogP contribution in [-0.4, -0.2) is 0 Å². The first kappa shape index (κ1) is 35.2. The van der Waals surface area contributed by atoms with Gasteiger partial charge in [0.15, 0.2) is 5.58 Å². The van der Waals surface area contributed by atoms with Crippen molar-refractivity contribution >= 4 is 49.8 Å². The first-order valence-electron chi connectivity index (χ1n) is 20.5. The van der Waals surface area contributed by atoms with E-state index < -0.39 is 0 Å². The zero-order valence-corrected chi connectivity index (χ0v) is 32.9. The van der Waals surface area contributed by atoms with E-state index in [1.807, 2.05) is 0 Å². The molecule has 0 spiro atoms. The molecule has 0 atom stereocenters. The van der Waals surface area contributed by atoms with E-state index in [1.54, 1.807) is 0 Å². The lowest BCUT2D eigenvalue weighted by Gasteiger charge is -2.26. The average molecular weight is 766 g/mol. The van der Waals surface area contributed by atoms with Gasteiger partial charge in [0.25, 0.3) is 0 Å². The normalized spacial score (nSPS) is 11.3. The molecule has 0 aliphatic heterocycles. The Morgan fingerprint density at radius 3 is 1.10 bits per heavy atom. The van der Waals surface area contributed by atoms with Crippen molar-refractivity contribution in [3.8, 4) is 55.6 Å². The van der Waals surface area contributed by atoms with Crippen molar-refractivity contribution in [1.82, 2.24) is 0 Å². The Labute approximate surface area is 349 Å². The summed E-state index contributed by atoms with van der Waals surface area (Å²) in [7, 11) is 0. The van der Waals surface area contributed by atoms with Gasteiger partial charge in [0, 0.05) is 27.5 Å². The molecule has 0 aliphatic rings. The summed E-state index contributed by atoms with van der Waals surface area (Å²) in [6, 6.07) is 84.7. The second kappa shape index (κ2) is 15.1. The van der Waals surface area contributed by atoms with E-state index in [4.69, 9.17) is 4.42 Å². The number of rotatable bonds is 8. The van der Waals surface area contributed by atoms with Crippen molar-refractivity contribution in [3.63, 3.8) is 0 Å². The van der Waals surface area contributed by atoms with Gasteiger partial charge in [-0.15, -0.1) is 0 Å². The van der Waals surface area contributed by atoms with Gasteiger partial charge >= 0.3 is 0 Å². The summed E-state index contributed by atoms with van der Waals surface area (Å²) in [6.45, 7) is 0. The third kappa shape index (κ3) is 6.51. The molecular weight excluding hydrogens is 727 g/mol. The van der Waals surface area contributed by atoms with Crippen LogP contribution in [0.1, 0.15) is 0 Å². The van der Waals surface area contributed by atoms with Gasteiger partial charge in [-0.2, -0.15) is 0 Å². The molecular formula is C58H39NO. The summed E-state index contributed by atoms with van der Waals surface area (Å²) in [5.74, 6) is 0. The summed E-state index contributed by atoms with van der Waals surface area (Å²) >= 11 is 0. The van der Waals surface area contributed by atoms with E-state index in [0.717, 1.165) is 66.5 Å². The molecule has 0 amide bonds. The molecule has 0 saturated carbocycles. The van der Waals surface area contributed by atoms with Crippen molar-refractivity contribution in [2.45, 2.75) is 0 Å². The molecule has 1 heterocycles. The van der Waals surface area contributed by atoms with Gasteiger partial charge in [-0.25, -0.2) is 0 Å². The molecule has 0 unspecified atom stereocenters. The van der Waals surface area contributed by atoms with Crippen LogP contribution >= 0.6 is 0 Å². The molecule has 0 N–H and O–H groups in total. The van der Waals surface area contributed by atoms with Crippen molar-refractivity contribution in [2.24, 2.45) is 0 Å². The maximum Gasteiger partial charge on any atom is 0.159 e. The fourth-order valence-electron chi connectivity index (χ4n) is 8.56. The monoisotopic (exact) mass is 765 g/mol. The highest BCUT2D eigenvalue weighted by Gasteiger charge is 2.22. The topological polar surface area (TPSA) is 16.4 Å². The van der Waals surface area contributed by atoms with Gasteiger partial charge in [0.2, 0.25) is 0 Å². The molecule has 0 aliphatic carbocycles. The minimum atomic E-state index is 0.846. The van der Waals surface area contributed by atoms with Crippen molar-refractivity contribution < 1.29 is 4.42 Å². The van der Waals surface area contributed by atoms with E-state index >= 15 is 0 Å². The lowest BCUT2D eigenvalue weighted by Crippen LogP contribution is -2.10. The second-order valence-corrected chi connectivity index (χ2v) is 15.3. The Morgan fingerprint density at radius 1 is 0.250 bits per heavy atom. The Kier molecular flexibility index (Phi) is 8.87. The Morgan fingerprint density at radius 2 is 0.633 bits per heavy atom. The fraction of sp³-hybridized carbons (Fsp3) is 0. The fourth-order valence-corrected chi connectivity index (χ4v) is 8.56. The van der Waals surface area contributed by atoms with Crippen LogP contribution in [-0.2, 0) is 0 Å². The molecule has 11 aromatic rings. The number of nitrogens with zero attached hydrogens (tertiary/aromatic N) is 1. The van der Waals surface area contributed by atoms with Crippen LogP contribution in [0.15, 0.2) is 241 Å². The lowest BCUT2D eigenvalue weighted by atomic mass is 9.97. The number of hydrogen-bond acceptors (Lipinski definition) is 2. The minimum absolute atomic E-state index is 0.846. The van der Waals surface area contributed by atoms with Gasteiger partial charge in [-0.3, -0.25) is 0 Å². The summed E-state index contributed by atoms with van der Waals surface area (Å²) in [6.07, 6.45) is 0. The second-order valence-electron chi connectivity index (χ2n) is 15.3. The molecule has 2 nitrogen and oxygen atoms in total. The van der Waals surface area contributed by atoms with E-state index in [1.165, 1.54) is 38.9 Å². The number of hydrogen-bond donors (Lipinski definition) is 0. The van der Waals surface area contributed by atoms with Gasteiger partial charge in [0.05, 0.1) is 5.69 Å². The van der Waals surface area contributed by atoms with Gasteiger partial charge in [0.1, 0.15) is 5.58 Å². The molecule has 0 bridgehead atoms. The smallest absolute Gasteiger partial charge is 0.159 e. The Balaban J connectivity index is 1.09. The minimum Gasteiger partial charge on any atom is -0.453 e. The van der Waals surface area contributed by atoms with Crippen molar-refractivity contribution in [1.29, 1.82) is 0 Å². The Bertz CT molecular complexity index is 3240. The van der Waals surface area contributed by atoms with Crippen LogP contribution in [0.4, 0.5) is 17.1 Å². The number of anilines is 3. The summed E-state index contributed by atoms with van der Waals surface area (Å²) < 4.78 is 7.08. The van der Waals surface area contributed by atoms with Crippen LogP contribution in [0.3, 0.4) is 0 Å². The summed E-state index contributed by atoms with van der Waals surface area (Å²) in [4.78, 5) is 2.35. The third-order valence-corrected chi connectivity index (χ3v) is 11.7. The van der Waals surface area contributed by atoms with E-state index in [9.17, 15) is 0 Å². The van der Waals surface area contributed by atoms with Crippen LogP contribution in [0.25, 0.3) is 88.3 Å². The van der Waals surface area contributed by atoms with Crippen LogP contribution in [0, 0.1) is 0 Å². The molecule has 10 aromatic carbocycles. The largest absolute Gasteiger partial charge is 0.453 e. The average Bonchev–Trinajstić information content (AvgIpc) is 3.72. The lowest BCUT2D eigenvalue weighted by molar-refractivity contribution is 0.673. The molecule has 0 radical (unpaired) electrons. The maximum absolute atomic E-state index is 7.08. The van der Waals surface area contributed by atoms with Crippen molar-refractivity contribution in [3.05, 3.63) is 237 Å². The highest BCUT2D eigenvalue weighted by molar-refractivity contribution is 6.18. The quantitative estimate of drug-likeness (QED) is 0.153. The molecule has 1 aromatic heterocycles. The summed E-state index contributed by atoms with van der Waals surface area (Å²) in [5.41, 5.74) is 16.6. The highest BCUT2D eigenvalue weighted by Crippen LogP contribution is 2.46. The molecule has 0 fully saturated rings. The van der Waals surface area contributed by atoms with Crippen molar-refractivity contribution in [2.75, 3.05) is 4.90 Å². The number of fused-ring (bicyclic) bond motifs is 5. The predicted octanol–water partition coefficient (Wildman–Crippen LogP) is 16.5. The number of benzene rings is 10. The number of furan rings is 1. The van der Waals surface area contributed by atoms with Crippen LogP contribution < -0.4 is 4.90 Å². The maximum atomic E-state index is 7.08. The molecule has 282 valence electrons. The van der Waals surface area contributed by atoms with Crippen LogP contribution in [0.2, 0.25) is 0 Å². The molecule has 0 saturated heterocycles. The Hall–Kier alpha value is -7.94. The van der Waals surface area contributed by atoms with Gasteiger partial charge < -0.3 is 9.32 Å². The zero-order chi connectivity index (χ0) is 39.8. The first-order valence-corrected chi connectivity index (χ1v) is 20.5. The molecule has 11 rings (SSSR count). The standard InChI is InChI=1S/C58H39NO/c1-4-12-40(13-5-1)43-20-22-45(23-21-43)47-30-35-52(36-31-47)59(51-33-28-46(29-34-51)42-16-8-3-9-17-42)56-39-50(48-26-24-44(25-27-48)41-14-6-2-7-15-41)38-55-54-37-32-49-18-10-11-19-53(49)57(54)60-58(55)56/h1-39H. The molecule has 60 heavy (non-hydrogen) atoms. The van der Waals surface area contributed by atoms with E-state index in [0.29, 0.717) is 0 Å². The first-order chi connectivity index (χ1) is 29.7. The van der Waals surface area contributed by atoms with E-state index in [2.05, 4.69) is 241 Å². The third-order valence-electron chi connectivity index (χ3n) is 11.7. The van der Waals surface area contributed by atoms with Gasteiger partial charge in [-0.1, -0.05) is 194 Å². The van der Waals surface area contributed by atoms with Crippen LogP contribution in [0.5, 0.6) is 0 Å². The zero-order valence-electron chi connectivity index (χ0n) is 32.9. The van der Waals surface area contributed by atoms with E-state index in [-0.39, 0.29) is 0 Å². The predicted molar refractivity (Wildman–Crippen MR) is 253 cm³/mol. The SMILES string of the molecule is c1ccc(-c2ccc(-c3ccc(N(c4ccc(-c5ccccc5)cc4)c4cc(-c5ccc(-c6ccccc6)cc5)cc5c4oc4c6ccccc6ccc54)cc3)cc2)cc1. The molecule has 2 heteroatoms. The highest BCUT2D eigenvalue weighted by atomic mass is 16.3. The van der Waals surface area contributed by atoms with Gasteiger partial charge in [-0.05, 0) is 103 Å². The summed E-state index contributed by atoms with van der Waals surface area (Å²) in [5, 5.41) is 4.44.